The van der Waals surface area contributed by atoms with E-state index < -0.39 is 0 Å². The summed E-state index contributed by atoms with van der Waals surface area (Å²) in [5.41, 5.74) is 6.83. The lowest BCUT2D eigenvalue weighted by atomic mass is 9.96. The molecule has 11 heteroatoms. The Morgan fingerprint density at radius 1 is 0.913 bits per heavy atom. The van der Waals surface area contributed by atoms with Gasteiger partial charge in [-0.25, -0.2) is 4.79 Å². The summed E-state index contributed by atoms with van der Waals surface area (Å²) >= 11 is 1.39. The summed E-state index contributed by atoms with van der Waals surface area (Å²) in [5, 5.41) is 12.1. The van der Waals surface area contributed by atoms with Gasteiger partial charge in [0.15, 0.2) is 0 Å². The molecule has 0 aromatic heterocycles. The highest BCUT2D eigenvalue weighted by molar-refractivity contribution is 8.05. The van der Waals surface area contributed by atoms with Crippen molar-refractivity contribution in [3.8, 4) is 0 Å². The number of benzene rings is 3. The number of rotatable bonds is 8. The SMILES string of the molecule is CCC1=CNC2SC(C(=O)Nc3ccc(CN4CCOCC4)cc3)=C3NC(=O)N(c4ccc(NC(=O)c5ccccc5)cc4)C1=C32. The molecule has 3 aromatic rings. The second-order valence-corrected chi connectivity index (χ2v) is 12.4. The Morgan fingerprint density at radius 2 is 1.59 bits per heavy atom. The Hall–Kier alpha value is -4.84. The molecule has 0 radical (unpaired) electrons. The molecule has 3 aromatic carbocycles. The Bertz CT molecular complexity index is 1760. The molecule has 234 valence electrons. The maximum Gasteiger partial charge on any atom is 0.331 e. The molecule has 0 aliphatic carbocycles. The van der Waals surface area contributed by atoms with Gasteiger partial charge in [-0.1, -0.05) is 49.0 Å². The zero-order valence-corrected chi connectivity index (χ0v) is 26.2. The summed E-state index contributed by atoms with van der Waals surface area (Å²) in [7, 11) is 0. The Morgan fingerprint density at radius 3 is 2.28 bits per heavy atom. The minimum Gasteiger partial charge on any atom is -0.379 e. The van der Waals surface area contributed by atoms with Crippen LogP contribution in [0.2, 0.25) is 0 Å². The third-order valence-corrected chi connectivity index (χ3v) is 9.58. The molecule has 0 bridgehead atoms. The zero-order chi connectivity index (χ0) is 31.6. The number of thioether (sulfide) groups is 1. The molecular weight excluding hydrogens is 600 g/mol. The highest BCUT2D eigenvalue weighted by Crippen LogP contribution is 2.48. The molecule has 4 aliphatic heterocycles. The van der Waals surface area contributed by atoms with Crippen molar-refractivity contribution in [3.63, 3.8) is 0 Å². The van der Waals surface area contributed by atoms with Gasteiger partial charge < -0.3 is 26.0 Å². The van der Waals surface area contributed by atoms with E-state index in [1.807, 2.05) is 67.7 Å². The number of dihydropyridines is 1. The molecule has 7 rings (SSSR count). The van der Waals surface area contributed by atoms with E-state index in [4.69, 9.17) is 4.74 Å². The first-order valence-electron chi connectivity index (χ1n) is 15.4. The Labute approximate surface area is 271 Å². The summed E-state index contributed by atoms with van der Waals surface area (Å²) in [6.07, 6.45) is 2.62. The van der Waals surface area contributed by atoms with E-state index in [0.717, 1.165) is 49.7 Å². The largest absolute Gasteiger partial charge is 0.379 e. The van der Waals surface area contributed by atoms with Crippen molar-refractivity contribution in [3.05, 3.63) is 124 Å². The van der Waals surface area contributed by atoms with Gasteiger partial charge in [-0.3, -0.25) is 19.4 Å². The number of ether oxygens (including phenoxy) is 1. The molecule has 0 spiro atoms. The van der Waals surface area contributed by atoms with Crippen molar-refractivity contribution in [2.24, 2.45) is 0 Å². The summed E-state index contributed by atoms with van der Waals surface area (Å²) in [5.74, 6) is -0.479. The summed E-state index contributed by atoms with van der Waals surface area (Å²) in [4.78, 5) is 44.5. The van der Waals surface area contributed by atoms with Crippen LogP contribution in [0.5, 0.6) is 0 Å². The third kappa shape index (κ3) is 5.92. The predicted molar refractivity (Wildman–Crippen MR) is 180 cm³/mol. The molecule has 1 fully saturated rings. The van der Waals surface area contributed by atoms with Crippen molar-refractivity contribution in [2.75, 3.05) is 41.8 Å². The lowest BCUT2D eigenvalue weighted by Crippen LogP contribution is -2.48. The fourth-order valence-corrected chi connectivity index (χ4v) is 7.14. The first kappa shape index (κ1) is 29.8. The number of anilines is 3. The number of hydrogen-bond acceptors (Lipinski definition) is 7. The molecule has 0 saturated carbocycles. The van der Waals surface area contributed by atoms with E-state index in [1.165, 1.54) is 17.3 Å². The molecule has 4 amide bonds. The van der Waals surface area contributed by atoms with Crippen LogP contribution >= 0.6 is 11.8 Å². The van der Waals surface area contributed by atoms with Gasteiger partial charge in [-0.2, -0.15) is 0 Å². The van der Waals surface area contributed by atoms with Crippen LogP contribution in [0.15, 0.2) is 113 Å². The lowest BCUT2D eigenvalue weighted by molar-refractivity contribution is -0.112. The number of carbonyl (C=O) groups is 3. The highest BCUT2D eigenvalue weighted by atomic mass is 32.2. The quantitative estimate of drug-likeness (QED) is 0.263. The van der Waals surface area contributed by atoms with E-state index >= 15 is 0 Å². The standard InChI is InChI=1S/C35H34N6O4S/c1-2-23-20-36-34-28-29(31(46-34)33(43)38-25-10-8-22(9-11-25)21-40-16-18-45-19-17-40)39-35(44)41(30(23)28)27-14-12-26(13-15-27)37-32(42)24-6-4-3-5-7-24/h3-15,20,34,36H,2,16-19,21H2,1H3,(H,37,42)(H,38,43)(H,39,44). The average molecular weight is 635 g/mol. The van der Waals surface area contributed by atoms with Crippen molar-refractivity contribution >= 4 is 46.7 Å². The van der Waals surface area contributed by atoms with Crippen molar-refractivity contribution in [1.29, 1.82) is 0 Å². The topological polar surface area (TPSA) is 115 Å². The number of nitrogens with zero attached hydrogens (tertiary/aromatic N) is 2. The molecule has 4 heterocycles. The second-order valence-electron chi connectivity index (χ2n) is 11.3. The number of carbonyl (C=O) groups excluding carboxylic acids is 3. The normalized spacial score (nSPS) is 19.2. The number of hydrogen-bond donors (Lipinski definition) is 4. The number of allylic oxidation sites excluding steroid dienone is 1. The monoisotopic (exact) mass is 634 g/mol. The van der Waals surface area contributed by atoms with Gasteiger partial charge in [0, 0.05) is 48.3 Å². The third-order valence-electron chi connectivity index (χ3n) is 8.35. The summed E-state index contributed by atoms with van der Waals surface area (Å²) < 4.78 is 5.44. The molecule has 1 saturated heterocycles. The van der Waals surface area contributed by atoms with Crippen molar-refractivity contribution in [2.45, 2.75) is 25.3 Å². The van der Waals surface area contributed by atoms with Crippen molar-refractivity contribution in [1.82, 2.24) is 15.5 Å². The minimum atomic E-state index is -0.352. The van der Waals surface area contributed by atoms with Gasteiger partial charge in [-0.05, 0) is 66.1 Å². The summed E-state index contributed by atoms with van der Waals surface area (Å²) in [6.45, 7) is 6.21. The van der Waals surface area contributed by atoms with Gasteiger partial charge in [0.05, 0.1) is 35.2 Å². The van der Waals surface area contributed by atoms with Gasteiger partial charge in [0.1, 0.15) is 5.37 Å². The first-order valence-corrected chi connectivity index (χ1v) is 16.3. The highest BCUT2D eigenvalue weighted by Gasteiger charge is 2.45. The van der Waals surface area contributed by atoms with Gasteiger partial charge in [0.25, 0.3) is 11.8 Å². The van der Waals surface area contributed by atoms with E-state index in [9.17, 15) is 14.4 Å². The van der Waals surface area contributed by atoms with E-state index in [1.54, 1.807) is 29.2 Å². The molecular formula is C35H34N6O4S. The van der Waals surface area contributed by atoms with E-state index in [2.05, 4.69) is 26.2 Å². The zero-order valence-electron chi connectivity index (χ0n) is 25.3. The molecule has 1 atom stereocenters. The van der Waals surface area contributed by atoms with Gasteiger partial charge in [-0.15, -0.1) is 0 Å². The van der Waals surface area contributed by atoms with Crippen molar-refractivity contribution < 1.29 is 19.1 Å². The maximum atomic E-state index is 13.8. The number of amides is 4. The second kappa shape index (κ2) is 12.9. The Balaban J connectivity index is 1.12. The molecule has 4 N–H and O–H groups in total. The number of urea groups is 1. The fourth-order valence-electron chi connectivity index (χ4n) is 5.99. The van der Waals surface area contributed by atoms with Crippen LogP contribution in [-0.4, -0.2) is 54.4 Å². The average Bonchev–Trinajstić information content (AvgIpc) is 3.46. The number of nitrogens with one attached hydrogen (secondary N) is 4. The van der Waals surface area contributed by atoms with Crippen LogP contribution in [0.1, 0.15) is 29.3 Å². The van der Waals surface area contributed by atoms with Gasteiger partial charge in [0.2, 0.25) is 0 Å². The molecule has 46 heavy (non-hydrogen) atoms. The molecule has 10 nitrogen and oxygen atoms in total. The van der Waals surface area contributed by atoms with Gasteiger partial charge >= 0.3 is 6.03 Å². The molecule has 4 aliphatic rings. The molecule has 1 unspecified atom stereocenters. The Kier molecular flexibility index (Phi) is 8.35. The minimum absolute atomic E-state index is 0.209. The van der Waals surface area contributed by atoms with E-state index in [0.29, 0.717) is 39.6 Å². The maximum absolute atomic E-state index is 13.8. The number of morpholine rings is 1. The van der Waals surface area contributed by atoms with Crippen LogP contribution in [0, 0.1) is 0 Å². The summed E-state index contributed by atoms with van der Waals surface area (Å²) in [6, 6.07) is 23.7. The smallest absolute Gasteiger partial charge is 0.331 e. The van der Waals surface area contributed by atoms with Crippen LogP contribution in [-0.2, 0) is 16.1 Å². The van der Waals surface area contributed by atoms with Crippen LogP contribution in [0.4, 0.5) is 21.9 Å². The lowest BCUT2D eigenvalue weighted by Gasteiger charge is -2.37. The van der Waals surface area contributed by atoms with Crippen LogP contribution in [0.3, 0.4) is 0 Å². The first-order chi connectivity index (χ1) is 22.5. The van der Waals surface area contributed by atoms with Crippen LogP contribution in [0.25, 0.3) is 0 Å². The van der Waals surface area contributed by atoms with Crippen LogP contribution < -0.4 is 26.2 Å². The predicted octanol–water partition coefficient (Wildman–Crippen LogP) is 5.38. The fraction of sp³-hybridized carbons (Fsp3) is 0.229. The van der Waals surface area contributed by atoms with E-state index in [-0.39, 0.29) is 23.2 Å².